The van der Waals surface area contributed by atoms with Gasteiger partial charge in [-0.2, -0.15) is 9.78 Å². The van der Waals surface area contributed by atoms with Crippen LogP contribution in [0.4, 0.5) is 5.82 Å². The highest BCUT2D eigenvalue weighted by Crippen LogP contribution is 2.25. The quantitative estimate of drug-likeness (QED) is 0.862. The van der Waals surface area contributed by atoms with Crippen LogP contribution in [0.25, 0.3) is 5.82 Å². The summed E-state index contributed by atoms with van der Waals surface area (Å²) in [5.41, 5.74) is 1.08. The zero-order valence-corrected chi connectivity index (χ0v) is 10.7. The number of nitrogens with zero attached hydrogens (tertiary/aromatic N) is 3. The normalized spacial score (nSPS) is 11.5. The molecular weight excluding hydrogens is 212 g/mol. The minimum Gasteiger partial charge on any atom is -0.373 e. The van der Waals surface area contributed by atoms with E-state index in [1.54, 1.807) is 6.20 Å². The van der Waals surface area contributed by atoms with Crippen LogP contribution in [0.1, 0.15) is 26.5 Å². The standard InChI is InChI=1S/C13H18N4/c1-13(2,3)10-9-12(14-4)17(16-10)11-7-5-6-8-15-11/h5-9,14H,1-4H3. The Morgan fingerprint density at radius 3 is 2.53 bits per heavy atom. The average Bonchev–Trinajstić information content (AvgIpc) is 2.73. The molecule has 0 saturated carbocycles. The Morgan fingerprint density at radius 2 is 2.00 bits per heavy atom. The van der Waals surface area contributed by atoms with E-state index < -0.39 is 0 Å². The van der Waals surface area contributed by atoms with Crippen LogP contribution < -0.4 is 5.32 Å². The van der Waals surface area contributed by atoms with Gasteiger partial charge in [0, 0.05) is 24.7 Å². The van der Waals surface area contributed by atoms with Gasteiger partial charge in [0.25, 0.3) is 0 Å². The minimum absolute atomic E-state index is 0.0334. The van der Waals surface area contributed by atoms with E-state index in [2.05, 4.69) is 42.2 Å². The van der Waals surface area contributed by atoms with Gasteiger partial charge in [-0.15, -0.1) is 0 Å². The summed E-state index contributed by atoms with van der Waals surface area (Å²) >= 11 is 0. The molecule has 0 spiro atoms. The fraction of sp³-hybridized carbons (Fsp3) is 0.385. The third-order valence-electron chi connectivity index (χ3n) is 2.60. The lowest BCUT2D eigenvalue weighted by atomic mass is 9.92. The molecule has 2 aromatic heterocycles. The monoisotopic (exact) mass is 230 g/mol. The predicted molar refractivity (Wildman–Crippen MR) is 69.6 cm³/mol. The number of aromatic nitrogens is 3. The molecule has 1 N–H and O–H groups in total. The number of nitrogens with one attached hydrogen (secondary N) is 1. The molecule has 4 heteroatoms. The maximum atomic E-state index is 4.61. The van der Waals surface area contributed by atoms with Gasteiger partial charge >= 0.3 is 0 Å². The molecule has 0 saturated heterocycles. The van der Waals surface area contributed by atoms with Crippen LogP contribution in [0.3, 0.4) is 0 Å². The summed E-state index contributed by atoms with van der Waals surface area (Å²) in [5, 5.41) is 7.76. The lowest BCUT2D eigenvalue weighted by Crippen LogP contribution is -2.12. The molecule has 0 atom stereocenters. The smallest absolute Gasteiger partial charge is 0.155 e. The molecule has 2 aromatic rings. The van der Waals surface area contributed by atoms with Crippen LogP contribution in [0.15, 0.2) is 30.5 Å². The van der Waals surface area contributed by atoms with Gasteiger partial charge in [-0.25, -0.2) is 4.98 Å². The molecule has 0 aliphatic carbocycles. The lowest BCUT2D eigenvalue weighted by molar-refractivity contribution is 0.559. The summed E-state index contributed by atoms with van der Waals surface area (Å²) in [6, 6.07) is 7.87. The zero-order valence-electron chi connectivity index (χ0n) is 10.7. The summed E-state index contributed by atoms with van der Waals surface area (Å²) in [6.45, 7) is 6.45. The molecule has 90 valence electrons. The first-order valence-corrected chi connectivity index (χ1v) is 5.72. The predicted octanol–water partition coefficient (Wildman–Crippen LogP) is 2.61. The van der Waals surface area contributed by atoms with Crippen LogP contribution in [-0.2, 0) is 5.41 Å². The van der Waals surface area contributed by atoms with E-state index >= 15 is 0 Å². The van der Waals surface area contributed by atoms with Gasteiger partial charge in [0.05, 0.1) is 5.69 Å². The molecule has 0 aromatic carbocycles. The number of rotatable bonds is 2. The highest BCUT2D eigenvalue weighted by atomic mass is 15.4. The molecule has 4 nitrogen and oxygen atoms in total. The van der Waals surface area contributed by atoms with Crippen molar-refractivity contribution >= 4 is 5.82 Å². The number of anilines is 1. The Labute approximate surface area is 102 Å². The Hall–Kier alpha value is -1.84. The second-order valence-corrected chi connectivity index (χ2v) is 5.01. The van der Waals surface area contributed by atoms with Gasteiger partial charge in [0.15, 0.2) is 5.82 Å². The second-order valence-electron chi connectivity index (χ2n) is 5.01. The van der Waals surface area contributed by atoms with E-state index in [1.807, 2.05) is 29.9 Å². The first kappa shape index (κ1) is 11.6. The van der Waals surface area contributed by atoms with Crippen LogP contribution in [-0.4, -0.2) is 21.8 Å². The Kier molecular flexibility index (Phi) is 2.88. The Bertz CT molecular complexity index is 494. The van der Waals surface area contributed by atoms with E-state index in [4.69, 9.17) is 0 Å². The maximum Gasteiger partial charge on any atom is 0.155 e. The maximum absolute atomic E-state index is 4.61. The Morgan fingerprint density at radius 1 is 1.24 bits per heavy atom. The molecule has 0 unspecified atom stereocenters. The topological polar surface area (TPSA) is 42.7 Å². The fourth-order valence-electron chi connectivity index (χ4n) is 1.58. The van der Waals surface area contributed by atoms with E-state index in [0.717, 1.165) is 17.3 Å². The first-order chi connectivity index (χ1) is 8.02. The van der Waals surface area contributed by atoms with Crippen molar-refractivity contribution in [1.82, 2.24) is 14.8 Å². The van der Waals surface area contributed by atoms with Gasteiger partial charge in [-0.05, 0) is 12.1 Å². The van der Waals surface area contributed by atoms with E-state index in [-0.39, 0.29) is 5.41 Å². The second kappa shape index (κ2) is 4.20. The zero-order chi connectivity index (χ0) is 12.5. The van der Waals surface area contributed by atoms with Gasteiger partial charge in [-0.3, -0.25) is 0 Å². The van der Waals surface area contributed by atoms with Crippen molar-refractivity contribution in [1.29, 1.82) is 0 Å². The van der Waals surface area contributed by atoms with E-state index in [9.17, 15) is 0 Å². The average molecular weight is 230 g/mol. The first-order valence-electron chi connectivity index (χ1n) is 5.72. The highest BCUT2D eigenvalue weighted by Gasteiger charge is 2.20. The summed E-state index contributed by atoms with van der Waals surface area (Å²) in [6.07, 6.45) is 1.77. The number of pyridine rings is 1. The molecule has 0 aliphatic heterocycles. The van der Waals surface area contributed by atoms with Gasteiger partial charge in [-0.1, -0.05) is 26.8 Å². The van der Waals surface area contributed by atoms with Crippen molar-refractivity contribution in [2.75, 3.05) is 12.4 Å². The number of hydrogen-bond acceptors (Lipinski definition) is 3. The van der Waals surface area contributed by atoms with Crippen molar-refractivity contribution in [3.8, 4) is 5.82 Å². The fourth-order valence-corrected chi connectivity index (χ4v) is 1.58. The van der Waals surface area contributed by atoms with Crippen molar-refractivity contribution in [2.45, 2.75) is 26.2 Å². The van der Waals surface area contributed by atoms with Gasteiger partial charge < -0.3 is 5.32 Å². The molecule has 2 rings (SSSR count). The highest BCUT2D eigenvalue weighted by molar-refractivity contribution is 5.44. The van der Waals surface area contributed by atoms with Gasteiger partial charge in [0.1, 0.15) is 5.82 Å². The van der Waals surface area contributed by atoms with Crippen LogP contribution >= 0.6 is 0 Å². The molecule has 17 heavy (non-hydrogen) atoms. The van der Waals surface area contributed by atoms with Crippen LogP contribution in [0, 0.1) is 0 Å². The van der Waals surface area contributed by atoms with Crippen LogP contribution in [0.2, 0.25) is 0 Å². The summed E-state index contributed by atoms with van der Waals surface area (Å²) in [7, 11) is 1.89. The molecule has 0 radical (unpaired) electrons. The molecule has 0 fully saturated rings. The third kappa shape index (κ3) is 2.30. The summed E-state index contributed by atoms with van der Waals surface area (Å²) < 4.78 is 1.83. The summed E-state index contributed by atoms with van der Waals surface area (Å²) in [5.74, 6) is 1.78. The lowest BCUT2D eigenvalue weighted by Gasteiger charge is -2.13. The third-order valence-corrected chi connectivity index (χ3v) is 2.60. The Balaban J connectivity index is 2.51. The minimum atomic E-state index is 0.0334. The molecule has 2 heterocycles. The van der Waals surface area contributed by atoms with Crippen molar-refractivity contribution < 1.29 is 0 Å². The molecular formula is C13H18N4. The summed E-state index contributed by atoms with van der Waals surface area (Å²) in [4.78, 5) is 4.31. The molecule has 0 bridgehead atoms. The van der Waals surface area contributed by atoms with E-state index in [1.165, 1.54) is 0 Å². The SMILES string of the molecule is CNc1cc(C(C)(C)C)nn1-c1ccccn1. The molecule has 0 aliphatic rings. The molecule has 0 amide bonds. The van der Waals surface area contributed by atoms with Crippen LogP contribution in [0.5, 0.6) is 0 Å². The van der Waals surface area contributed by atoms with Crippen molar-refractivity contribution in [3.63, 3.8) is 0 Å². The largest absolute Gasteiger partial charge is 0.373 e. The van der Waals surface area contributed by atoms with E-state index in [0.29, 0.717) is 0 Å². The van der Waals surface area contributed by atoms with Gasteiger partial charge in [0.2, 0.25) is 0 Å². The van der Waals surface area contributed by atoms with Crippen molar-refractivity contribution in [2.24, 2.45) is 0 Å². The number of hydrogen-bond donors (Lipinski definition) is 1. The van der Waals surface area contributed by atoms with Crippen molar-refractivity contribution in [3.05, 3.63) is 36.2 Å².